The summed E-state index contributed by atoms with van der Waals surface area (Å²) >= 11 is 2.41. The van der Waals surface area contributed by atoms with E-state index in [-0.39, 0.29) is 16.9 Å². The fourth-order valence-electron chi connectivity index (χ4n) is 3.12. The molecule has 3 rings (SSSR count). The molecule has 2 unspecified atom stereocenters. The number of nitrogens with zero attached hydrogens (tertiary/aromatic N) is 1. The second-order valence-corrected chi connectivity index (χ2v) is 8.76. The first kappa shape index (κ1) is 17.5. The summed E-state index contributed by atoms with van der Waals surface area (Å²) in [7, 11) is 0. The van der Waals surface area contributed by atoms with Crippen LogP contribution in [-0.4, -0.2) is 18.5 Å². The number of halogens is 1. The summed E-state index contributed by atoms with van der Waals surface area (Å²) in [5.74, 6) is 0.831. The van der Waals surface area contributed by atoms with Crippen molar-refractivity contribution in [1.82, 2.24) is 0 Å². The van der Waals surface area contributed by atoms with E-state index in [9.17, 15) is 0 Å². The first-order valence-corrected chi connectivity index (χ1v) is 9.43. The first-order chi connectivity index (χ1) is 11.3. The van der Waals surface area contributed by atoms with E-state index in [0.717, 1.165) is 5.90 Å². The van der Waals surface area contributed by atoms with E-state index in [1.165, 1.54) is 14.7 Å². The van der Waals surface area contributed by atoms with Gasteiger partial charge in [-0.3, -0.25) is 0 Å². The van der Waals surface area contributed by atoms with Gasteiger partial charge in [0.25, 0.3) is 0 Å². The molecule has 1 aliphatic heterocycles. The van der Waals surface area contributed by atoms with Gasteiger partial charge in [0.2, 0.25) is 0 Å². The van der Waals surface area contributed by atoms with Crippen molar-refractivity contribution >= 4 is 28.5 Å². The van der Waals surface area contributed by atoms with E-state index in [1.54, 1.807) is 0 Å². The summed E-state index contributed by atoms with van der Waals surface area (Å²) in [6, 6.07) is 19.2. The molecule has 0 N–H and O–H groups in total. The highest BCUT2D eigenvalue weighted by molar-refractivity contribution is 14.1. The molecular formula is C21H24INO. The van der Waals surface area contributed by atoms with Crippen LogP contribution in [0.3, 0.4) is 0 Å². The van der Waals surface area contributed by atoms with E-state index in [2.05, 4.69) is 105 Å². The molecule has 1 heterocycles. The largest absolute Gasteiger partial charge is 0.478 e. The Kier molecular flexibility index (Phi) is 4.73. The highest BCUT2D eigenvalue weighted by Gasteiger charge is 2.42. The van der Waals surface area contributed by atoms with Crippen molar-refractivity contribution in [2.75, 3.05) is 6.61 Å². The average molecular weight is 433 g/mol. The summed E-state index contributed by atoms with van der Waals surface area (Å²) in [6.45, 7) is 9.55. The third kappa shape index (κ3) is 3.10. The number of hydrogen-bond donors (Lipinski definition) is 0. The van der Waals surface area contributed by atoms with E-state index >= 15 is 0 Å². The lowest BCUT2D eigenvalue weighted by atomic mass is 9.76. The minimum absolute atomic E-state index is 0.100. The Bertz CT molecular complexity index is 748. The molecule has 24 heavy (non-hydrogen) atoms. The standard InChI is InChI=1S/C21H24INO/c1-20(2,3)18-14-24-19(23-18)21(4,15-10-6-5-7-11-15)16-12-8-9-13-17(16)22/h5-13,18H,14H2,1-4H3. The van der Waals surface area contributed by atoms with Crippen molar-refractivity contribution in [2.24, 2.45) is 10.4 Å². The van der Waals surface area contributed by atoms with E-state index in [4.69, 9.17) is 9.73 Å². The molecule has 2 nitrogen and oxygen atoms in total. The highest BCUT2D eigenvalue weighted by atomic mass is 127. The Morgan fingerprint density at radius 3 is 2.17 bits per heavy atom. The van der Waals surface area contributed by atoms with Crippen LogP contribution in [0.1, 0.15) is 38.8 Å². The predicted octanol–water partition coefficient (Wildman–Crippen LogP) is 5.44. The molecule has 0 fully saturated rings. The van der Waals surface area contributed by atoms with Crippen molar-refractivity contribution in [3.05, 3.63) is 69.3 Å². The van der Waals surface area contributed by atoms with Crippen LogP contribution in [0, 0.1) is 8.99 Å². The molecule has 0 aliphatic carbocycles. The first-order valence-electron chi connectivity index (χ1n) is 8.35. The summed E-state index contributed by atoms with van der Waals surface area (Å²) in [6.07, 6.45) is 0. The van der Waals surface area contributed by atoms with Crippen molar-refractivity contribution in [2.45, 2.75) is 39.2 Å². The zero-order valence-corrected chi connectivity index (χ0v) is 16.9. The molecule has 0 amide bonds. The third-order valence-electron chi connectivity index (χ3n) is 4.84. The zero-order valence-electron chi connectivity index (χ0n) is 14.7. The van der Waals surface area contributed by atoms with Gasteiger partial charge in [-0.05, 0) is 52.1 Å². The molecule has 2 aromatic rings. The molecule has 0 saturated carbocycles. The minimum atomic E-state index is -0.376. The third-order valence-corrected chi connectivity index (χ3v) is 5.78. The zero-order chi connectivity index (χ0) is 17.4. The number of ether oxygens (including phenoxy) is 1. The summed E-state index contributed by atoms with van der Waals surface area (Å²) in [5.41, 5.74) is 2.18. The molecule has 0 radical (unpaired) electrons. The second-order valence-electron chi connectivity index (χ2n) is 7.60. The van der Waals surface area contributed by atoms with Crippen LogP contribution >= 0.6 is 22.6 Å². The molecule has 3 heteroatoms. The smallest absolute Gasteiger partial charge is 0.199 e. The highest BCUT2D eigenvalue weighted by Crippen LogP contribution is 2.39. The molecule has 0 bridgehead atoms. The number of aliphatic imine (C=N–C) groups is 1. The summed E-state index contributed by atoms with van der Waals surface area (Å²) < 4.78 is 7.40. The lowest BCUT2D eigenvalue weighted by Gasteiger charge is -2.31. The molecular weight excluding hydrogens is 409 g/mol. The van der Waals surface area contributed by atoms with Crippen LogP contribution in [0.15, 0.2) is 59.6 Å². The summed E-state index contributed by atoms with van der Waals surface area (Å²) in [4.78, 5) is 5.02. The SMILES string of the molecule is CC(C1=NC(C(C)(C)C)CO1)(c1ccccc1)c1ccccc1I. The maximum Gasteiger partial charge on any atom is 0.199 e. The van der Waals surface area contributed by atoms with Crippen LogP contribution < -0.4 is 0 Å². The fourth-order valence-corrected chi connectivity index (χ4v) is 4.05. The average Bonchev–Trinajstić information content (AvgIpc) is 3.06. The lowest BCUT2D eigenvalue weighted by Crippen LogP contribution is -2.35. The van der Waals surface area contributed by atoms with E-state index in [0.29, 0.717) is 6.61 Å². The Morgan fingerprint density at radius 2 is 1.58 bits per heavy atom. The summed E-state index contributed by atoms with van der Waals surface area (Å²) in [5, 5.41) is 0. The molecule has 0 aromatic heterocycles. The van der Waals surface area contributed by atoms with Gasteiger partial charge in [0.15, 0.2) is 5.90 Å². The van der Waals surface area contributed by atoms with Crippen LogP contribution in [0.4, 0.5) is 0 Å². The minimum Gasteiger partial charge on any atom is -0.478 e. The van der Waals surface area contributed by atoms with Crippen LogP contribution in [0.5, 0.6) is 0 Å². The Balaban J connectivity index is 2.16. The van der Waals surface area contributed by atoms with Crippen molar-refractivity contribution in [3.8, 4) is 0 Å². The molecule has 0 spiro atoms. The number of hydrogen-bond acceptors (Lipinski definition) is 2. The molecule has 1 aliphatic rings. The van der Waals surface area contributed by atoms with Gasteiger partial charge in [-0.1, -0.05) is 69.3 Å². The van der Waals surface area contributed by atoms with Gasteiger partial charge in [-0.15, -0.1) is 0 Å². The molecule has 126 valence electrons. The van der Waals surface area contributed by atoms with Crippen molar-refractivity contribution < 1.29 is 4.74 Å². The maximum atomic E-state index is 6.17. The molecule has 0 saturated heterocycles. The van der Waals surface area contributed by atoms with Crippen LogP contribution in [0.2, 0.25) is 0 Å². The quantitative estimate of drug-likeness (QED) is 0.591. The normalized spacial score (nSPS) is 20.2. The van der Waals surface area contributed by atoms with Crippen LogP contribution in [0.25, 0.3) is 0 Å². The second kappa shape index (κ2) is 6.51. The Morgan fingerprint density at radius 1 is 0.958 bits per heavy atom. The van der Waals surface area contributed by atoms with Gasteiger partial charge >= 0.3 is 0 Å². The van der Waals surface area contributed by atoms with Crippen LogP contribution in [-0.2, 0) is 10.2 Å². The number of benzene rings is 2. The van der Waals surface area contributed by atoms with E-state index < -0.39 is 0 Å². The monoisotopic (exact) mass is 433 g/mol. The van der Waals surface area contributed by atoms with E-state index in [1.807, 2.05) is 0 Å². The lowest BCUT2D eigenvalue weighted by molar-refractivity contribution is 0.229. The van der Waals surface area contributed by atoms with Gasteiger partial charge in [-0.25, -0.2) is 4.99 Å². The van der Waals surface area contributed by atoms with Gasteiger partial charge in [0.1, 0.15) is 6.61 Å². The van der Waals surface area contributed by atoms with Gasteiger partial charge in [0, 0.05) is 3.57 Å². The topological polar surface area (TPSA) is 21.6 Å². The fraction of sp³-hybridized carbons (Fsp3) is 0.381. The number of rotatable bonds is 3. The maximum absolute atomic E-state index is 6.17. The van der Waals surface area contributed by atoms with Crippen molar-refractivity contribution in [1.29, 1.82) is 0 Å². The predicted molar refractivity (Wildman–Crippen MR) is 109 cm³/mol. The van der Waals surface area contributed by atoms with Gasteiger partial charge in [-0.2, -0.15) is 0 Å². The van der Waals surface area contributed by atoms with Crippen molar-refractivity contribution in [3.63, 3.8) is 0 Å². The Hall–Kier alpha value is -1.36. The van der Waals surface area contributed by atoms with Gasteiger partial charge in [0.05, 0.1) is 11.5 Å². The molecule has 2 aromatic carbocycles. The Labute approximate surface area is 158 Å². The van der Waals surface area contributed by atoms with Gasteiger partial charge < -0.3 is 4.74 Å². The molecule has 2 atom stereocenters.